The van der Waals surface area contributed by atoms with Crippen LogP contribution in [0.4, 0.5) is 5.69 Å². The van der Waals surface area contributed by atoms with Crippen LogP contribution in [0, 0.1) is 0 Å². The normalized spacial score (nSPS) is 13.6. The summed E-state index contributed by atoms with van der Waals surface area (Å²) in [6.07, 6.45) is 0.596. The van der Waals surface area contributed by atoms with E-state index in [0.29, 0.717) is 24.3 Å². The Balaban J connectivity index is 2.81. The summed E-state index contributed by atoms with van der Waals surface area (Å²) in [6.45, 7) is 5.89. The molecule has 0 aliphatic heterocycles. The van der Waals surface area contributed by atoms with E-state index in [9.17, 15) is 9.59 Å². The van der Waals surface area contributed by atoms with Gasteiger partial charge in [-0.15, -0.1) is 0 Å². The lowest BCUT2D eigenvalue weighted by Gasteiger charge is -2.26. The molecule has 0 fully saturated rings. The van der Waals surface area contributed by atoms with Gasteiger partial charge in [0, 0.05) is 17.9 Å². The molecule has 0 heterocycles. The second-order valence-electron chi connectivity index (χ2n) is 4.67. The molecule has 1 unspecified atom stereocenters. The van der Waals surface area contributed by atoms with E-state index in [2.05, 4.69) is 5.32 Å². The lowest BCUT2D eigenvalue weighted by Crippen LogP contribution is -2.37. The van der Waals surface area contributed by atoms with E-state index in [0.717, 1.165) is 0 Å². The Morgan fingerprint density at radius 3 is 2.30 bits per heavy atom. The van der Waals surface area contributed by atoms with Crippen LogP contribution >= 0.6 is 0 Å². The summed E-state index contributed by atoms with van der Waals surface area (Å²) in [6, 6.07) is 6.75. The van der Waals surface area contributed by atoms with Gasteiger partial charge in [-0.3, -0.25) is 9.59 Å². The number of carbonyl (C=O) groups is 2. The molecule has 1 aromatic rings. The first kappa shape index (κ1) is 16.2. The summed E-state index contributed by atoms with van der Waals surface area (Å²) in [5, 5.41) is 11.3. The molecule has 5 nitrogen and oxygen atoms in total. The molecule has 0 amide bonds. The SMILES string of the molecule is CCOC(C)(CC)C(=O)c1ccc(NCC(=O)O)cc1. The molecule has 0 spiro atoms. The third-order valence-electron chi connectivity index (χ3n) is 3.21. The Morgan fingerprint density at radius 1 is 1.25 bits per heavy atom. The minimum Gasteiger partial charge on any atom is -0.480 e. The number of rotatable bonds is 8. The number of carboxylic acid groups (broad SMARTS) is 1. The molecule has 1 atom stereocenters. The van der Waals surface area contributed by atoms with Crippen LogP contribution in [0.25, 0.3) is 0 Å². The Hall–Kier alpha value is -1.88. The number of aliphatic carboxylic acids is 1. The minimum absolute atomic E-state index is 0.0633. The van der Waals surface area contributed by atoms with Crippen LogP contribution in [0.2, 0.25) is 0 Å². The van der Waals surface area contributed by atoms with Crippen LogP contribution in [0.15, 0.2) is 24.3 Å². The Morgan fingerprint density at radius 2 is 1.85 bits per heavy atom. The van der Waals surface area contributed by atoms with Crippen molar-refractivity contribution in [3.05, 3.63) is 29.8 Å². The van der Waals surface area contributed by atoms with Gasteiger partial charge >= 0.3 is 5.97 Å². The summed E-state index contributed by atoms with van der Waals surface area (Å²) < 4.78 is 5.56. The number of carboxylic acids is 1. The second-order valence-corrected chi connectivity index (χ2v) is 4.67. The smallest absolute Gasteiger partial charge is 0.322 e. The van der Waals surface area contributed by atoms with Crippen molar-refractivity contribution >= 4 is 17.4 Å². The number of ether oxygens (including phenoxy) is 1. The summed E-state index contributed by atoms with van der Waals surface area (Å²) in [4.78, 5) is 22.9. The number of hydrogen-bond donors (Lipinski definition) is 2. The van der Waals surface area contributed by atoms with Crippen LogP contribution in [0.5, 0.6) is 0 Å². The van der Waals surface area contributed by atoms with Crippen LogP contribution < -0.4 is 5.32 Å². The van der Waals surface area contributed by atoms with Gasteiger partial charge in [0.25, 0.3) is 0 Å². The number of ketones is 1. The van der Waals surface area contributed by atoms with Gasteiger partial charge in [0.15, 0.2) is 5.78 Å². The van der Waals surface area contributed by atoms with Crippen LogP contribution in [-0.2, 0) is 9.53 Å². The van der Waals surface area contributed by atoms with Crippen LogP contribution in [-0.4, -0.2) is 35.6 Å². The zero-order valence-corrected chi connectivity index (χ0v) is 12.1. The van der Waals surface area contributed by atoms with Crippen molar-refractivity contribution in [2.75, 3.05) is 18.5 Å². The lowest BCUT2D eigenvalue weighted by molar-refractivity contribution is -0.134. The Kier molecular flexibility index (Phi) is 5.70. The molecule has 0 aliphatic rings. The summed E-state index contributed by atoms with van der Waals surface area (Å²) in [5.41, 5.74) is 0.410. The molecule has 0 radical (unpaired) electrons. The van der Waals surface area contributed by atoms with Crippen molar-refractivity contribution in [3.8, 4) is 0 Å². The molecule has 1 rings (SSSR count). The van der Waals surface area contributed by atoms with E-state index < -0.39 is 11.6 Å². The van der Waals surface area contributed by atoms with E-state index in [1.165, 1.54) is 0 Å². The molecule has 20 heavy (non-hydrogen) atoms. The zero-order chi connectivity index (χ0) is 15.2. The highest BCUT2D eigenvalue weighted by Crippen LogP contribution is 2.22. The maximum absolute atomic E-state index is 12.4. The highest BCUT2D eigenvalue weighted by Gasteiger charge is 2.32. The summed E-state index contributed by atoms with van der Waals surface area (Å²) >= 11 is 0. The molecule has 2 N–H and O–H groups in total. The average Bonchev–Trinajstić information content (AvgIpc) is 2.45. The molecule has 0 aliphatic carbocycles. The van der Waals surface area contributed by atoms with E-state index in [1.54, 1.807) is 31.2 Å². The average molecular weight is 279 g/mol. The lowest BCUT2D eigenvalue weighted by atomic mass is 9.92. The molecular formula is C15H21NO4. The third kappa shape index (κ3) is 4.06. The number of anilines is 1. The topological polar surface area (TPSA) is 75.6 Å². The predicted octanol–water partition coefficient (Wildman–Crippen LogP) is 2.57. The Bertz CT molecular complexity index is 469. The fourth-order valence-electron chi connectivity index (χ4n) is 1.87. The van der Waals surface area contributed by atoms with E-state index in [-0.39, 0.29) is 12.3 Å². The molecule has 0 bridgehead atoms. The number of nitrogens with one attached hydrogen (secondary N) is 1. The van der Waals surface area contributed by atoms with Crippen molar-refractivity contribution in [2.24, 2.45) is 0 Å². The third-order valence-corrected chi connectivity index (χ3v) is 3.21. The fraction of sp³-hybridized carbons (Fsp3) is 0.467. The highest BCUT2D eigenvalue weighted by molar-refractivity contribution is 6.02. The summed E-state index contributed by atoms with van der Waals surface area (Å²) in [7, 11) is 0. The standard InChI is InChI=1S/C15H21NO4/c1-4-15(3,20-5-2)14(19)11-6-8-12(9-7-11)16-10-13(17)18/h6-9,16H,4-5,10H2,1-3H3,(H,17,18). The van der Waals surface area contributed by atoms with Gasteiger partial charge in [-0.25, -0.2) is 0 Å². The predicted molar refractivity (Wildman–Crippen MR) is 77.2 cm³/mol. The van der Waals surface area contributed by atoms with Crippen molar-refractivity contribution in [1.29, 1.82) is 0 Å². The van der Waals surface area contributed by atoms with Gasteiger partial charge in [-0.1, -0.05) is 6.92 Å². The zero-order valence-electron chi connectivity index (χ0n) is 12.1. The monoisotopic (exact) mass is 279 g/mol. The first-order valence-corrected chi connectivity index (χ1v) is 6.67. The van der Waals surface area contributed by atoms with Crippen LogP contribution in [0.3, 0.4) is 0 Å². The van der Waals surface area contributed by atoms with E-state index in [1.807, 2.05) is 13.8 Å². The molecule has 0 saturated carbocycles. The van der Waals surface area contributed by atoms with Gasteiger partial charge < -0.3 is 15.2 Å². The first-order chi connectivity index (χ1) is 9.42. The van der Waals surface area contributed by atoms with Gasteiger partial charge in [0.05, 0.1) is 0 Å². The largest absolute Gasteiger partial charge is 0.480 e. The van der Waals surface area contributed by atoms with Crippen molar-refractivity contribution in [2.45, 2.75) is 32.8 Å². The highest BCUT2D eigenvalue weighted by atomic mass is 16.5. The van der Waals surface area contributed by atoms with E-state index in [4.69, 9.17) is 9.84 Å². The molecule has 0 saturated heterocycles. The van der Waals surface area contributed by atoms with Gasteiger partial charge in [-0.05, 0) is 44.5 Å². The van der Waals surface area contributed by atoms with Crippen molar-refractivity contribution in [1.82, 2.24) is 0 Å². The molecule has 1 aromatic carbocycles. The molecular weight excluding hydrogens is 258 g/mol. The van der Waals surface area contributed by atoms with Gasteiger partial charge in [0.2, 0.25) is 0 Å². The molecule has 110 valence electrons. The number of benzene rings is 1. The number of hydrogen-bond acceptors (Lipinski definition) is 4. The Labute approximate surface area is 118 Å². The van der Waals surface area contributed by atoms with Crippen molar-refractivity contribution in [3.63, 3.8) is 0 Å². The number of Topliss-reactive ketones (excluding diaryl/α,β-unsaturated/α-hetero) is 1. The fourth-order valence-corrected chi connectivity index (χ4v) is 1.87. The van der Waals surface area contributed by atoms with Gasteiger partial charge in [-0.2, -0.15) is 0 Å². The maximum Gasteiger partial charge on any atom is 0.322 e. The number of carbonyl (C=O) groups excluding carboxylic acids is 1. The minimum atomic E-state index is -0.931. The molecule has 5 heteroatoms. The summed E-state index contributed by atoms with van der Waals surface area (Å²) in [5.74, 6) is -0.994. The maximum atomic E-state index is 12.4. The first-order valence-electron chi connectivity index (χ1n) is 6.67. The second kappa shape index (κ2) is 7.05. The van der Waals surface area contributed by atoms with Gasteiger partial charge in [0.1, 0.15) is 12.1 Å². The van der Waals surface area contributed by atoms with Crippen LogP contribution in [0.1, 0.15) is 37.6 Å². The molecule has 0 aromatic heterocycles. The quantitative estimate of drug-likeness (QED) is 0.715. The van der Waals surface area contributed by atoms with Crippen molar-refractivity contribution < 1.29 is 19.4 Å². The van der Waals surface area contributed by atoms with E-state index >= 15 is 0 Å².